The van der Waals surface area contributed by atoms with E-state index in [1.54, 1.807) is 19.5 Å². The van der Waals surface area contributed by atoms with Gasteiger partial charge in [-0.1, -0.05) is 0 Å². The molecular formula is C7H11N3O. The fourth-order valence-electron chi connectivity index (χ4n) is 0.796. The van der Waals surface area contributed by atoms with Gasteiger partial charge in [0, 0.05) is 13.3 Å². The number of hydrogen-bond donors (Lipinski definition) is 1. The third-order valence-electron chi connectivity index (χ3n) is 1.38. The van der Waals surface area contributed by atoms with Crippen molar-refractivity contribution in [3.8, 4) is 0 Å². The van der Waals surface area contributed by atoms with Gasteiger partial charge in [0.15, 0.2) is 0 Å². The van der Waals surface area contributed by atoms with Crippen molar-refractivity contribution in [1.29, 1.82) is 0 Å². The van der Waals surface area contributed by atoms with Crippen molar-refractivity contribution in [2.75, 3.05) is 13.7 Å². The van der Waals surface area contributed by atoms with Crippen LogP contribution in [0.4, 0.5) is 0 Å². The third-order valence-corrected chi connectivity index (χ3v) is 1.38. The van der Waals surface area contributed by atoms with Gasteiger partial charge in [0.05, 0.1) is 18.8 Å². The largest absolute Gasteiger partial charge is 0.383 e. The molecule has 0 amide bonds. The van der Waals surface area contributed by atoms with E-state index in [9.17, 15) is 0 Å². The summed E-state index contributed by atoms with van der Waals surface area (Å²) in [4.78, 5) is 0. The summed E-state index contributed by atoms with van der Waals surface area (Å²) in [7, 11) is 1.62. The molecule has 2 N–H and O–H groups in total. The third kappa shape index (κ3) is 2.25. The molecule has 0 aliphatic carbocycles. The molecule has 4 heteroatoms. The van der Waals surface area contributed by atoms with Crippen LogP contribution in [0, 0.1) is 0 Å². The Labute approximate surface area is 65.4 Å². The second kappa shape index (κ2) is 4.00. The molecule has 0 bridgehead atoms. The van der Waals surface area contributed by atoms with E-state index in [0.717, 1.165) is 5.56 Å². The maximum atomic E-state index is 5.71. The molecule has 0 unspecified atom stereocenters. The Morgan fingerprint density at radius 2 is 2.45 bits per heavy atom. The Morgan fingerprint density at radius 1 is 1.64 bits per heavy atom. The maximum Gasteiger partial charge on any atom is 0.0656 e. The molecule has 0 saturated heterocycles. The standard InChI is InChI=1S/C7H11N3O/c1-11-5-7(8)6-2-3-9-10-4-6/h2-4,7H,5,8H2,1H3/t7-/m0/s1. The molecule has 1 heterocycles. The lowest BCUT2D eigenvalue weighted by Crippen LogP contribution is -2.16. The van der Waals surface area contributed by atoms with Gasteiger partial charge in [0.2, 0.25) is 0 Å². The van der Waals surface area contributed by atoms with Crippen molar-refractivity contribution < 1.29 is 4.74 Å². The minimum atomic E-state index is -0.101. The molecule has 0 spiro atoms. The van der Waals surface area contributed by atoms with Crippen LogP contribution in [0.1, 0.15) is 11.6 Å². The fourth-order valence-corrected chi connectivity index (χ4v) is 0.796. The zero-order chi connectivity index (χ0) is 8.10. The maximum absolute atomic E-state index is 5.71. The normalized spacial score (nSPS) is 12.9. The minimum Gasteiger partial charge on any atom is -0.383 e. The summed E-state index contributed by atoms with van der Waals surface area (Å²) in [5, 5.41) is 7.34. The van der Waals surface area contributed by atoms with Gasteiger partial charge in [-0.15, -0.1) is 0 Å². The van der Waals surface area contributed by atoms with Crippen molar-refractivity contribution in [3.63, 3.8) is 0 Å². The summed E-state index contributed by atoms with van der Waals surface area (Å²) in [6.07, 6.45) is 3.26. The van der Waals surface area contributed by atoms with Gasteiger partial charge >= 0.3 is 0 Å². The average Bonchev–Trinajstić information content (AvgIpc) is 2.07. The Bertz CT molecular complexity index is 202. The molecule has 1 atom stereocenters. The molecule has 60 valence electrons. The zero-order valence-electron chi connectivity index (χ0n) is 6.40. The molecule has 4 nitrogen and oxygen atoms in total. The van der Waals surface area contributed by atoms with Crippen molar-refractivity contribution in [3.05, 3.63) is 24.0 Å². The van der Waals surface area contributed by atoms with E-state index in [1.807, 2.05) is 6.07 Å². The molecule has 0 aromatic carbocycles. The highest BCUT2D eigenvalue weighted by molar-refractivity contribution is 5.10. The van der Waals surface area contributed by atoms with Gasteiger partial charge < -0.3 is 10.5 Å². The van der Waals surface area contributed by atoms with E-state index >= 15 is 0 Å². The molecule has 0 fully saturated rings. The van der Waals surface area contributed by atoms with Crippen molar-refractivity contribution in [2.24, 2.45) is 5.73 Å². The van der Waals surface area contributed by atoms with E-state index in [0.29, 0.717) is 6.61 Å². The van der Waals surface area contributed by atoms with Crippen LogP contribution < -0.4 is 5.73 Å². The number of hydrogen-bond acceptors (Lipinski definition) is 4. The molecule has 1 aromatic heterocycles. The van der Waals surface area contributed by atoms with Crippen LogP contribution in [0.2, 0.25) is 0 Å². The summed E-state index contributed by atoms with van der Waals surface area (Å²) < 4.78 is 4.88. The predicted octanol–water partition coefficient (Wildman–Crippen LogP) is 0.123. The Hall–Kier alpha value is -1.00. The first-order valence-electron chi connectivity index (χ1n) is 3.35. The van der Waals surface area contributed by atoms with Crippen LogP contribution in [0.15, 0.2) is 18.5 Å². The lowest BCUT2D eigenvalue weighted by molar-refractivity contribution is 0.180. The van der Waals surface area contributed by atoms with E-state index in [4.69, 9.17) is 10.5 Å². The fraction of sp³-hybridized carbons (Fsp3) is 0.429. The summed E-state index contributed by atoms with van der Waals surface area (Å²) in [6.45, 7) is 0.506. The highest BCUT2D eigenvalue weighted by Gasteiger charge is 2.03. The Morgan fingerprint density at radius 3 is 3.00 bits per heavy atom. The second-order valence-corrected chi connectivity index (χ2v) is 2.24. The summed E-state index contributed by atoms with van der Waals surface area (Å²) in [6, 6.07) is 1.73. The van der Waals surface area contributed by atoms with E-state index in [2.05, 4.69) is 10.2 Å². The molecule has 0 saturated carbocycles. The molecule has 0 aliphatic rings. The minimum absolute atomic E-state index is 0.101. The lowest BCUT2D eigenvalue weighted by Gasteiger charge is -2.08. The molecule has 1 rings (SSSR count). The number of nitrogens with two attached hydrogens (primary N) is 1. The molecular weight excluding hydrogens is 142 g/mol. The molecule has 0 radical (unpaired) electrons. The zero-order valence-corrected chi connectivity index (χ0v) is 6.40. The predicted molar refractivity (Wildman–Crippen MR) is 40.8 cm³/mol. The van der Waals surface area contributed by atoms with Gasteiger partial charge in [-0.3, -0.25) is 0 Å². The Kier molecular flexibility index (Phi) is 2.95. The lowest BCUT2D eigenvalue weighted by atomic mass is 10.2. The first-order valence-corrected chi connectivity index (χ1v) is 3.35. The van der Waals surface area contributed by atoms with Gasteiger partial charge in [-0.25, -0.2) is 0 Å². The summed E-state index contributed by atoms with van der Waals surface area (Å²) >= 11 is 0. The van der Waals surface area contributed by atoms with E-state index < -0.39 is 0 Å². The first-order chi connectivity index (χ1) is 5.34. The van der Waals surface area contributed by atoms with Crippen LogP contribution in [0.25, 0.3) is 0 Å². The van der Waals surface area contributed by atoms with E-state index in [-0.39, 0.29) is 6.04 Å². The summed E-state index contributed by atoms with van der Waals surface area (Å²) in [5.41, 5.74) is 6.66. The Balaban J connectivity index is 2.61. The number of aromatic nitrogens is 2. The molecule has 1 aromatic rings. The quantitative estimate of drug-likeness (QED) is 0.670. The van der Waals surface area contributed by atoms with Gasteiger partial charge in [-0.2, -0.15) is 10.2 Å². The number of rotatable bonds is 3. The number of methoxy groups -OCH3 is 1. The van der Waals surface area contributed by atoms with E-state index in [1.165, 1.54) is 0 Å². The van der Waals surface area contributed by atoms with Gasteiger partial charge in [-0.05, 0) is 11.6 Å². The number of nitrogens with zero attached hydrogens (tertiary/aromatic N) is 2. The molecule has 11 heavy (non-hydrogen) atoms. The van der Waals surface area contributed by atoms with Crippen molar-refractivity contribution in [2.45, 2.75) is 6.04 Å². The van der Waals surface area contributed by atoms with Gasteiger partial charge in [0.25, 0.3) is 0 Å². The van der Waals surface area contributed by atoms with Crippen LogP contribution in [0.5, 0.6) is 0 Å². The van der Waals surface area contributed by atoms with Crippen molar-refractivity contribution in [1.82, 2.24) is 10.2 Å². The number of ether oxygens (including phenoxy) is 1. The van der Waals surface area contributed by atoms with Crippen molar-refractivity contribution >= 4 is 0 Å². The molecule has 0 aliphatic heterocycles. The first kappa shape index (κ1) is 8.10. The highest BCUT2D eigenvalue weighted by atomic mass is 16.5. The smallest absolute Gasteiger partial charge is 0.0656 e. The SMILES string of the molecule is COC[C@H](N)c1ccnnc1. The summed E-state index contributed by atoms with van der Waals surface area (Å²) in [5.74, 6) is 0. The highest BCUT2D eigenvalue weighted by Crippen LogP contribution is 2.05. The van der Waals surface area contributed by atoms with Crippen LogP contribution in [0.3, 0.4) is 0 Å². The monoisotopic (exact) mass is 153 g/mol. The average molecular weight is 153 g/mol. The van der Waals surface area contributed by atoms with Crippen LogP contribution >= 0.6 is 0 Å². The second-order valence-electron chi connectivity index (χ2n) is 2.24. The van der Waals surface area contributed by atoms with Gasteiger partial charge in [0.1, 0.15) is 0 Å². The van der Waals surface area contributed by atoms with Crippen LogP contribution in [-0.4, -0.2) is 23.9 Å². The van der Waals surface area contributed by atoms with Crippen LogP contribution in [-0.2, 0) is 4.74 Å². The topological polar surface area (TPSA) is 61.0 Å².